The largest absolute Gasteiger partial charge is 0.481 e. The summed E-state index contributed by atoms with van der Waals surface area (Å²) in [6.45, 7) is 6.75. The van der Waals surface area contributed by atoms with Gasteiger partial charge in [0, 0.05) is 25.4 Å². The summed E-state index contributed by atoms with van der Waals surface area (Å²) >= 11 is 0. The summed E-state index contributed by atoms with van der Waals surface area (Å²) in [5, 5.41) is 8.66. The average Bonchev–Trinajstić information content (AvgIpc) is 2.84. The molecule has 1 aromatic rings. The van der Waals surface area contributed by atoms with Crippen LogP contribution in [0.4, 0.5) is 0 Å². The summed E-state index contributed by atoms with van der Waals surface area (Å²) in [4.78, 5) is 17.4. The number of rotatable bonds is 6. The van der Waals surface area contributed by atoms with Crippen LogP contribution in [-0.4, -0.2) is 40.1 Å². The molecule has 20 heavy (non-hydrogen) atoms. The zero-order valence-electron chi connectivity index (χ0n) is 12.3. The third-order valence-electron chi connectivity index (χ3n) is 3.94. The second-order valence-electron chi connectivity index (χ2n) is 5.93. The van der Waals surface area contributed by atoms with Crippen molar-refractivity contribution in [3.8, 4) is 0 Å². The Bertz CT molecular complexity index is 442. The Kier molecular flexibility index (Phi) is 5.17. The summed E-state index contributed by atoms with van der Waals surface area (Å²) in [5.74, 6) is 0.549. The minimum atomic E-state index is -0.797. The maximum Gasteiger partial charge on any atom is 0.303 e. The lowest BCUT2D eigenvalue weighted by Crippen LogP contribution is -2.40. The summed E-state index contributed by atoms with van der Waals surface area (Å²) in [7, 11) is 0. The smallest absolute Gasteiger partial charge is 0.303 e. The van der Waals surface area contributed by atoms with Crippen molar-refractivity contribution in [2.75, 3.05) is 13.1 Å². The van der Waals surface area contributed by atoms with E-state index in [9.17, 15) is 4.79 Å². The molecule has 2 heterocycles. The predicted octanol–water partition coefficient (Wildman–Crippen LogP) is 2.35. The van der Waals surface area contributed by atoms with Crippen molar-refractivity contribution in [1.29, 1.82) is 0 Å². The Labute approximate surface area is 120 Å². The molecule has 0 saturated carbocycles. The molecule has 0 aliphatic carbocycles. The lowest BCUT2D eigenvalue weighted by Gasteiger charge is -2.35. The summed E-state index contributed by atoms with van der Waals surface area (Å²) in [5.41, 5.74) is 0.749. The summed E-state index contributed by atoms with van der Waals surface area (Å²) < 4.78 is 5.47. The molecule has 112 valence electrons. The van der Waals surface area contributed by atoms with Gasteiger partial charge in [-0.15, -0.1) is 0 Å². The Morgan fingerprint density at radius 1 is 1.60 bits per heavy atom. The molecule has 0 aromatic carbocycles. The highest BCUT2D eigenvalue weighted by Crippen LogP contribution is 2.22. The maximum atomic E-state index is 10.5. The molecule has 0 radical (unpaired) electrons. The minimum Gasteiger partial charge on any atom is -0.481 e. The van der Waals surface area contributed by atoms with Crippen molar-refractivity contribution in [3.05, 3.63) is 17.8 Å². The molecule has 1 atom stereocenters. The van der Waals surface area contributed by atoms with E-state index < -0.39 is 5.97 Å². The zero-order valence-corrected chi connectivity index (χ0v) is 12.3. The average molecular weight is 280 g/mol. The number of hydrogen-bond donors (Lipinski definition) is 1. The zero-order chi connectivity index (χ0) is 14.5. The van der Waals surface area contributed by atoms with E-state index in [1.54, 1.807) is 6.26 Å². The standard InChI is InChI=1S/C15H24N2O3/c1-11(2)17-7-3-4-12(9-17)8-14-16-13(10-20-14)5-6-15(18)19/h10-12H,3-9H2,1-2H3,(H,18,19). The fraction of sp³-hybridized carbons (Fsp3) is 0.733. The summed E-state index contributed by atoms with van der Waals surface area (Å²) in [6, 6.07) is 0.591. The van der Waals surface area contributed by atoms with Crippen molar-refractivity contribution in [2.24, 2.45) is 5.92 Å². The molecule has 1 unspecified atom stereocenters. The molecule has 1 N–H and O–H groups in total. The highest BCUT2D eigenvalue weighted by molar-refractivity contribution is 5.66. The van der Waals surface area contributed by atoms with Gasteiger partial charge in [0.05, 0.1) is 12.1 Å². The third-order valence-corrected chi connectivity index (χ3v) is 3.94. The SMILES string of the molecule is CC(C)N1CCCC(Cc2nc(CCC(=O)O)co2)C1. The minimum absolute atomic E-state index is 0.108. The number of aryl methyl sites for hydroxylation is 1. The molecule has 5 nitrogen and oxygen atoms in total. The van der Waals surface area contributed by atoms with Crippen LogP contribution in [0.25, 0.3) is 0 Å². The molecule has 5 heteroatoms. The monoisotopic (exact) mass is 280 g/mol. The van der Waals surface area contributed by atoms with Gasteiger partial charge in [-0.1, -0.05) is 0 Å². The van der Waals surface area contributed by atoms with E-state index >= 15 is 0 Å². The van der Waals surface area contributed by atoms with E-state index in [2.05, 4.69) is 23.7 Å². The molecule has 1 fully saturated rings. The van der Waals surface area contributed by atoms with Gasteiger partial charge in [0.1, 0.15) is 6.26 Å². The van der Waals surface area contributed by atoms with Crippen LogP contribution in [0, 0.1) is 5.92 Å². The van der Waals surface area contributed by atoms with E-state index in [1.165, 1.54) is 19.4 Å². The molecular weight excluding hydrogens is 256 g/mol. The topological polar surface area (TPSA) is 66.6 Å². The van der Waals surface area contributed by atoms with Crippen LogP contribution < -0.4 is 0 Å². The fourth-order valence-electron chi connectivity index (χ4n) is 2.77. The number of nitrogens with zero attached hydrogens (tertiary/aromatic N) is 2. The number of carbonyl (C=O) groups is 1. The fourth-order valence-corrected chi connectivity index (χ4v) is 2.77. The van der Waals surface area contributed by atoms with Crippen LogP contribution in [0.2, 0.25) is 0 Å². The first-order chi connectivity index (χ1) is 9.54. The van der Waals surface area contributed by atoms with Crippen molar-refractivity contribution >= 4 is 5.97 Å². The number of piperidine rings is 1. The van der Waals surface area contributed by atoms with Gasteiger partial charge < -0.3 is 14.4 Å². The lowest BCUT2D eigenvalue weighted by molar-refractivity contribution is -0.136. The van der Waals surface area contributed by atoms with E-state index in [1.807, 2.05) is 0 Å². The van der Waals surface area contributed by atoms with Crippen LogP contribution in [0.3, 0.4) is 0 Å². The van der Waals surface area contributed by atoms with E-state index in [0.29, 0.717) is 18.4 Å². The second-order valence-corrected chi connectivity index (χ2v) is 5.93. The Morgan fingerprint density at radius 3 is 3.10 bits per heavy atom. The molecule has 1 aliphatic rings. The Morgan fingerprint density at radius 2 is 2.40 bits per heavy atom. The van der Waals surface area contributed by atoms with Crippen molar-refractivity contribution in [3.63, 3.8) is 0 Å². The number of oxazole rings is 1. The van der Waals surface area contributed by atoms with Crippen LogP contribution in [0.1, 0.15) is 44.7 Å². The van der Waals surface area contributed by atoms with Crippen molar-refractivity contribution < 1.29 is 14.3 Å². The van der Waals surface area contributed by atoms with Gasteiger partial charge in [-0.3, -0.25) is 4.79 Å². The highest BCUT2D eigenvalue weighted by Gasteiger charge is 2.23. The van der Waals surface area contributed by atoms with Gasteiger partial charge >= 0.3 is 5.97 Å². The van der Waals surface area contributed by atoms with Gasteiger partial charge in [0.15, 0.2) is 5.89 Å². The van der Waals surface area contributed by atoms with Crippen LogP contribution in [0.5, 0.6) is 0 Å². The number of carboxylic acid groups (broad SMARTS) is 1. The van der Waals surface area contributed by atoms with Crippen LogP contribution in [-0.2, 0) is 17.6 Å². The number of aromatic nitrogens is 1. The van der Waals surface area contributed by atoms with Crippen molar-refractivity contribution in [2.45, 2.75) is 52.0 Å². The van der Waals surface area contributed by atoms with Gasteiger partial charge in [0.2, 0.25) is 0 Å². The van der Waals surface area contributed by atoms with Gasteiger partial charge in [-0.05, 0) is 39.2 Å². The first-order valence-corrected chi connectivity index (χ1v) is 7.43. The van der Waals surface area contributed by atoms with Gasteiger partial charge in [-0.25, -0.2) is 4.98 Å². The lowest BCUT2D eigenvalue weighted by atomic mass is 9.94. The van der Waals surface area contributed by atoms with E-state index in [4.69, 9.17) is 9.52 Å². The normalized spacial score (nSPS) is 20.4. The molecule has 0 spiro atoms. The molecule has 0 bridgehead atoms. The Hall–Kier alpha value is -1.36. The predicted molar refractivity (Wildman–Crippen MR) is 75.6 cm³/mol. The molecule has 1 aliphatic heterocycles. The first-order valence-electron chi connectivity index (χ1n) is 7.43. The van der Waals surface area contributed by atoms with E-state index in [0.717, 1.165) is 24.6 Å². The van der Waals surface area contributed by atoms with Crippen LogP contribution >= 0.6 is 0 Å². The molecular formula is C15H24N2O3. The second kappa shape index (κ2) is 6.88. The third kappa shape index (κ3) is 4.34. The highest BCUT2D eigenvalue weighted by atomic mass is 16.4. The van der Waals surface area contributed by atoms with E-state index in [-0.39, 0.29) is 6.42 Å². The first kappa shape index (κ1) is 15.0. The number of likely N-dealkylation sites (tertiary alicyclic amines) is 1. The molecule has 1 saturated heterocycles. The van der Waals surface area contributed by atoms with Crippen LogP contribution in [0.15, 0.2) is 10.7 Å². The van der Waals surface area contributed by atoms with Crippen molar-refractivity contribution in [1.82, 2.24) is 9.88 Å². The quantitative estimate of drug-likeness (QED) is 0.866. The van der Waals surface area contributed by atoms with Gasteiger partial charge in [-0.2, -0.15) is 0 Å². The molecule has 2 rings (SSSR count). The molecule has 0 amide bonds. The summed E-state index contributed by atoms with van der Waals surface area (Å²) in [6.07, 6.45) is 5.46. The Balaban J connectivity index is 1.85. The number of aliphatic carboxylic acids is 1. The number of carboxylic acids is 1. The molecule has 1 aromatic heterocycles. The maximum absolute atomic E-state index is 10.5. The number of hydrogen-bond acceptors (Lipinski definition) is 4. The van der Waals surface area contributed by atoms with Gasteiger partial charge in [0.25, 0.3) is 0 Å².